The Morgan fingerprint density at radius 1 is 0.467 bits per heavy atom. The van der Waals surface area contributed by atoms with E-state index in [-0.39, 0.29) is 63.6 Å². The van der Waals surface area contributed by atoms with Gasteiger partial charge in [0.2, 0.25) is 23.6 Å². The minimum Gasteiger partial charge on any atom is -0.481 e. The summed E-state index contributed by atoms with van der Waals surface area (Å²) in [6, 6.07) is 18.1. The number of carboxylic acid groups (broad SMARTS) is 5. The van der Waals surface area contributed by atoms with Crippen LogP contribution in [0.4, 0.5) is 4.79 Å². The van der Waals surface area contributed by atoms with Gasteiger partial charge in [-0.2, -0.15) is 0 Å². The molecule has 0 saturated carbocycles. The first kappa shape index (κ1) is 59.4. The van der Waals surface area contributed by atoms with Crippen molar-refractivity contribution < 1.29 is 78.3 Å². The third-order valence-electron chi connectivity index (χ3n) is 11.5. The van der Waals surface area contributed by atoms with Crippen molar-refractivity contribution in [2.45, 2.75) is 107 Å². The quantitative estimate of drug-likeness (QED) is 0.0255. The maximum absolute atomic E-state index is 13.7. The van der Waals surface area contributed by atoms with Crippen LogP contribution in [-0.2, 0) is 62.5 Å². The molecule has 4 rings (SSSR count). The van der Waals surface area contributed by atoms with Crippen molar-refractivity contribution in [2.75, 3.05) is 6.54 Å². The first-order valence-corrected chi connectivity index (χ1v) is 24.7. The van der Waals surface area contributed by atoms with E-state index in [9.17, 15) is 73.2 Å². The summed E-state index contributed by atoms with van der Waals surface area (Å²) in [7, 11) is 0. The summed E-state index contributed by atoms with van der Waals surface area (Å²) in [6.45, 7) is -0.103. The number of carbonyl (C=O) groups is 11. The van der Waals surface area contributed by atoms with E-state index in [1.807, 2.05) is 42.5 Å². The molecule has 0 saturated heterocycles. The lowest BCUT2D eigenvalue weighted by molar-refractivity contribution is -0.141. The van der Waals surface area contributed by atoms with E-state index in [1.54, 1.807) is 24.3 Å². The lowest BCUT2D eigenvalue weighted by Crippen LogP contribution is -2.54. The zero-order chi connectivity index (χ0) is 55.0. The number of hydrogen-bond donors (Lipinski definition) is 12. The summed E-state index contributed by atoms with van der Waals surface area (Å²) in [4.78, 5) is 137. The molecule has 0 aliphatic carbocycles. The van der Waals surface area contributed by atoms with Crippen molar-refractivity contribution in [3.05, 3.63) is 117 Å². The van der Waals surface area contributed by atoms with Crippen LogP contribution in [-0.4, -0.2) is 128 Å². The molecule has 7 amide bonds. The Hall–Kier alpha value is -8.16. The highest BCUT2D eigenvalue weighted by atomic mass is 127. The Bertz CT molecular complexity index is 2700. The fourth-order valence-corrected chi connectivity index (χ4v) is 7.83. The minimum atomic E-state index is -1.57. The number of halogens is 1. The van der Waals surface area contributed by atoms with E-state index in [2.05, 4.69) is 59.8 Å². The fourth-order valence-electron chi connectivity index (χ4n) is 7.47. The highest BCUT2D eigenvalue weighted by Gasteiger charge is 2.29. The zero-order valence-corrected chi connectivity index (χ0v) is 42.5. The molecule has 12 N–H and O–H groups in total. The molecule has 0 fully saturated rings. The average Bonchev–Trinajstić information content (AvgIpc) is 3.36. The Morgan fingerprint density at radius 3 is 1.57 bits per heavy atom. The van der Waals surface area contributed by atoms with Crippen molar-refractivity contribution >= 4 is 98.8 Å². The predicted octanol–water partition coefficient (Wildman–Crippen LogP) is 2.70. The Morgan fingerprint density at radius 2 is 0.987 bits per heavy atom. The molecule has 0 aliphatic rings. The van der Waals surface area contributed by atoms with E-state index < -0.39 is 121 Å². The van der Waals surface area contributed by atoms with Crippen LogP contribution in [0.25, 0.3) is 10.8 Å². The standard InChI is InChI=1S/C51H58IN7O16/c52-35-16-11-29(12-17-35)27-41(60)55-37(19-22-43(63)64)48(70)56-36(18-21-42(61)62)46(68)54-28-30-8-14-33(15-9-30)45(67)57-40(26-31-10-13-32-5-1-2-6-34(32)25-31)47(69)53-24-4-3-7-38(49(71)72)58-51(75)59-39(50(73)74)20-23-44(65)66/h1-2,5-6,8-17,25,36-40H,3-4,7,18-24,26-28H2,(H,53,69)(H,54,68)(H,55,60)(H,56,70)(H,57,67)(H,61,62)(H,63,64)(H,65,66)(H,71,72)(H,73,74)(H2,58,59,75)/t36-,37-,38+,39+,40-/m1/s1. The van der Waals surface area contributed by atoms with Gasteiger partial charge in [-0.25, -0.2) is 14.4 Å². The maximum Gasteiger partial charge on any atom is 0.326 e. The lowest BCUT2D eigenvalue weighted by Gasteiger charge is -2.23. The number of amides is 7. The Labute approximate surface area is 443 Å². The van der Waals surface area contributed by atoms with Gasteiger partial charge in [0, 0.05) is 47.9 Å². The molecule has 4 aromatic rings. The number of carbonyl (C=O) groups excluding carboxylic acids is 6. The Balaban J connectivity index is 1.38. The van der Waals surface area contributed by atoms with Gasteiger partial charge in [-0.15, -0.1) is 0 Å². The number of aliphatic carboxylic acids is 5. The third kappa shape index (κ3) is 21.5. The molecule has 0 radical (unpaired) electrons. The first-order valence-electron chi connectivity index (χ1n) is 23.6. The lowest BCUT2D eigenvalue weighted by atomic mass is 10.0. The van der Waals surface area contributed by atoms with Gasteiger partial charge in [0.1, 0.15) is 30.2 Å². The van der Waals surface area contributed by atoms with Gasteiger partial charge in [0.15, 0.2) is 0 Å². The maximum atomic E-state index is 13.7. The molecule has 0 heterocycles. The number of carboxylic acids is 5. The first-order chi connectivity index (χ1) is 35.7. The molecule has 4 aromatic carbocycles. The largest absolute Gasteiger partial charge is 0.481 e. The van der Waals surface area contributed by atoms with E-state index in [0.29, 0.717) is 11.1 Å². The molecule has 0 unspecified atom stereocenters. The molecule has 75 heavy (non-hydrogen) atoms. The molecule has 23 nitrogen and oxygen atoms in total. The molecule has 0 spiro atoms. The fraction of sp³-hybridized carbons (Fsp3) is 0.353. The SMILES string of the molecule is O=C(O)CC[C@H](NC(=O)N[C@@H](CCCCNC(=O)[C@@H](Cc1ccc2ccccc2c1)NC(=O)c1ccc(CNC(=O)[C@@H](CCC(=O)O)NC(=O)[C@@H](CCC(=O)O)NC(=O)Cc2ccc(I)cc2)cc1)C(=O)O)C(=O)O. The van der Waals surface area contributed by atoms with Crippen molar-refractivity contribution in [2.24, 2.45) is 0 Å². The summed E-state index contributed by atoms with van der Waals surface area (Å²) in [5, 5.41) is 65.7. The number of benzene rings is 4. The van der Waals surface area contributed by atoms with Gasteiger partial charge < -0.3 is 62.8 Å². The van der Waals surface area contributed by atoms with Crippen LogP contribution in [0.5, 0.6) is 0 Å². The number of nitrogens with one attached hydrogen (secondary N) is 7. The van der Waals surface area contributed by atoms with Gasteiger partial charge in [-0.3, -0.25) is 38.4 Å². The van der Waals surface area contributed by atoms with Crippen LogP contribution in [0.1, 0.15) is 84.8 Å². The molecule has 24 heteroatoms. The van der Waals surface area contributed by atoms with Crippen LogP contribution >= 0.6 is 22.6 Å². The molecule has 0 aromatic heterocycles. The second kappa shape index (κ2) is 30.1. The second-order valence-corrected chi connectivity index (χ2v) is 18.5. The molecular weight excluding hydrogens is 1090 g/mol. The van der Waals surface area contributed by atoms with Crippen molar-refractivity contribution in [1.82, 2.24) is 37.2 Å². The van der Waals surface area contributed by atoms with Crippen molar-refractivity contribution in [3.8, 4) is 0 Å². The van der Waals surface area contributed by atoms with Crippen LogP contribution in [0.3, 0.4) is 0 Å². The zero-order valence-electron chi connectivity index (χ0n) is 40.3. The van der Waals surface area contributed by atoms with E-state index >= 15 is 0 Å². The van der Waals surface area contributed by atoms with E-state index in [0.717, 1.165) is 19.9 Å². The topological polar surface area (TPSA) is 373 Å². The molecule has 0 aliphatic heterocycles. The average molecular weight is 1150 g/mol. The van der Waals surface area contributed by atoms with Crippen LogP contribution in [0.2, 0.25) is 0 Å². The van der Waals surface area contributed by atoms with Crippen LogP contribution < -0.4 is 37.2 Å². The summed E-state index contributed by atoms with van der Waals surface area (Å²) in [5.74, 6) is -10.1. The van der Waals surface area contributed by atoms with Crippen molar-refractivity contribution in [1.29, 1.82) is 0 Å². The summed E-state index contributed by atoms with van der Waals surface area (Å²) in [6.07, 6.45) is -2.41. The second-order valence-electron chi connectivity index (χ2n) is 17.3. The van der Waals surface area contributed by atoms with Gasteiger partial charge >= 0.3 is 35.9 Å². The highest BCUT2D eigenvalue weighted by molar-refractivity contribution is 14.1. The summed E-state index contributed by atoms with van der Waals surface area (Å²) >= 11 is 2.10. The molecule has 0 bridgehead atoms. The van der Waals surface area contributed by atoms with Gasteiger partial charge in [0.25, 0.3) is 5.91 Å². The van der Waals surface area contributed by atoms with Gasteiger partial charge in [-0.05, 0) is 113 Å². The van der Waals surface area contributed by atoms with E-state index in [4.69, 9.17) is 5.11 Å². The number of unbranched alkanes of at least 4 members (excludes halogenated alkanes) is 1. The van der Waals surface area contributed by atoms with E-state index in [1.165, 1.54) is 24.3 Å². The van der Waals surface area contributed by atoms with Gasteiger partial charge in [0.05, 0.1) is 6.42 Å². The van der Waals surface area contributed by atoms with Crippen LogP contribution in [0, 0.1) is 3.57 Å². The molecule has 5 atom stereocenters. The third-order valence-corrected chi connectivity index (χ3v) is 12.2. The highest BCUT2D eigenvalue weighted by Crippen LogP contribution is 2.18. The van der Waals surface area contributed by atoms with Crippen LogP contribution in [0.15, 0.2) is 91.0 Å². The monoisotopic (exact) mass is 1150 g/mol. The summed E-state index contributed by atoms with van der Waals surface area (Å²) < 4.78 is 0.934. The number of urea groups is 1. The molecule has 400 valence electrons. The van der Waals surface area contributed by atoms with Crippen molar-refractivity contribution in [3.63, 3.8) is 0 Å². The normalized spacial score (nSPS) is 12.8. The minimum absolute atomic E-state index is 0.0369. The Kier molecular flexibility index (Phi) is 23.9. The number of rotatable bonds is 31. The molecular formula is C51H58IN7O16. The number of fused-ring (bicyclic) bond motifs is 1. The number of hydrogen-bond acceptors (Lipinski definition) is 11. The predicted molar refractivity (Wildman–Crippen MR) is 276 cm³/mol. The van der Waals surface area contributed by atoms with Gasteiger partial charge in [-0.1, -0.05) is 66.7 Å². The summed E-state index contributed by atoms with van der Waals surface area (Å²) in [5.41, 5.74) is 1.98. The smallest absolute Gasteiger partial charge is 0.326 e.